The topological polar surface area (TPSA) is 63.6 Å². The summed E-state index contributed by atoms with van der Waals surface area (Å²) in [5.41, 5.74) is -1.45. The zero-order chi connectivity index (χ0) is 15.5. The Morgan fingerprint density at radius 1 is 1.20 bits per heavy atom. The lowest BCUT2D eigenvalue weighted by molar-refractivity contribution is -0.136. The van der Waals surface area contributed by atoms with Crippen LogP contribution in [-0.4, -0.2) is 22.6 Å². The number of aryl methyl sites for hydroxylation is 1. The molecule has 1 aromatic carbocycles. The van der Waals surface area contributed by atoms with Gasteiger partial charge in [0.1, 0.15) is 22.8 Å². The first-order chi connectivity index (χ1) is 9.10. The zero-order valence-electron chi connectivity index (χ0n) is 11.5. The first-order valence-electron chi connectivity index (χ1n) is 6.03. The minimum atomic E-state index is -1.09. The van der Waals surface area contributed by atoms with Gasteiger partial charge in [0.15, 0.2) is 0 Å². The normalized spacial score (nSPS) is 11.2. The highest BCUT2D eigenvalue weighted by atomic mass is 19.1. The molecule has 6 heteroatoms. The second-order valence-electron chi connectivity index (χ2n) is 5.33. The summed E-state index contributed by atoms with van der Waals surface area (Å²) >= 11 is 0. The van der Waals surface area contributed by atoms with Crippen molar-refractivity contribution in [2.45, 2.75) is 39.2 Å². The summed E-state index contributed by atoms with van der Waals surface area (Å²) in [6.45, 7) is 4.76. The van der Waals surface area contributed by atoms with E-state index >= 15 is 0 Å². The van der Waals surface area contributed by atoms with Crippen molar-refractivity contribution in [3.63, 3.8) is 0 Å². The molecule has 0 saturated heterocycles. The highest BCUT2D eigenvalue weighted by Crippen LogP contribution is 2.20. The van der Waals surface area contributed by atoms with Crippen molar-refractivity contribution in [2.75, 3.05) is 0 Å². The van der Waals surface area contributed by atoms with Gasteiger partial charge in [0, 0.05) is 6.42 Å². The first kappa shape index (κ1) is 16.1. The maximum atomic E-state index is 13.8. The monoisotopic (exact) mass is 286 g/mol. The van der Waals surface area contributed by atoms with E-state index in [0.717, 1.165) is 12.1 Å². The largest absolute Gasteiger partial charge is 0.481 e. The molecule has 0 fully saturated rings. The van der Waals surface area contributed by atoms with Crippen LogP contribution in [0.2, 0.25) is 0 Å². The van der Waals surface area contributed by atoms with Crippen LogP contribution in [0.3, 0.4) is 0 Å². The number of carboxylic acid groups (broad SMARTS) is 1. The van der Waals surface area contributed by atoms with Gasteiger partial charge in [-0.2, -0.15) is 0 Å². The number of hydrogen-bond acceptors (Lipinski definition) is 3. The van der Waals surface area contributed by atoms with Crippen LogP contribution in [-0.2, 0) is 16.0 Å². The Morgan fingerprint density at radius 3 is 2.10 bits per heavy atom. The molecule has 0 atom stereocenters. The molecule has 0 unspecified atom stereocenters. The molecule has 0 saturated carbocycles. The molecule has 0 aliphatic heterocycles. The summed E-state index contributed by atoms with van der Waals surface area (Å²) in [6.07, 6.45) is -0.261. The third-order valence-electron chi connectivity index (χ3n) is 2.33. The summed E-state index contributed by atoms with van der Waals surface area (Å²) in [5, 5.41) is 8.52. The highest BCUT2D eigenvalue weighted by Gasteiger charge is 2.24. The van der Waals surface area contributed by atoms with Gasteiger partial charge in [-0.3, -0.25) is 4.79 Å². The fourth-order valence-corrected chi connectivity index (χ4v) is 1.55. The van der Waals surface area contributed by atoms with Crippen LogP contribution >= 0.6 is 0 Å². The predicted molar refractivity (Wildman–Crippen MR) is 67.5 cm³/mol. The summed E-state index contributed by atoms with van der Waals surface area (Å²) in [6, 6.07) is 1.90. The van der Waals surface area contributed by atoms with E-state index < -0.39 is 34.7 Å². The Morgan fingerprint density at radius 2 is 1.70 bits per heavy atom. The lowest BCUT2D eigenvalue weighted by Crippen LogP contribution is -2.25. The Kier molecular flexibility index (Phi) is 4.81. The molecular formula is C14H16F2O4. The number of halogens is 2. The summed E-state index contributed by atoms with van der Waals surface area (Å²) in [4.78, 5) is 22.1. The average molecular weight is 286 g/mol. The second kappa shape index (κ2) is 5.98. The van der Waals surface area contributed by atoms with Gasteiger partial charge in [-0.1, -0.05) is 0 Å². The lowest BCUT2D eigenvalue weighted by Gasteiger charge is -2.20. The molecule has 1 aromatic rings. The molecule has 20 heavy (non-hydrogen) atoms. The van der Waals surface area contributed by atoms with Crippen LogP contribution in [0, 0.1) is 11.6 Å². The fourth-order valence-electron chi connectivity index (χ4n) is 1.55. The average Bonchev–Trinajstić information content (AvgIpc) is 2.22. The van der Waals surface area contributed by atoms with Crippen molar-refractivity contribution in [1.82, 2.24) is 0 Å². The number of ether oxygens (including phenoxy) is 1. The Hall–Kier alpha value is -1.98. The molecule has 4 nitrogen and oxygen atoms in total. The molecular weight excluding hydrogens is 270 g/mol. The molecule has 110 valence electrons. The predicted octanol–water partition coefficient (Wildman–Crippen LogP) is 2.94. The molecule has 0 bridgehead atoms. The van der Waals surface area contributed by atoms with Gasteiger partial charge in [-0.15, -0.1) is 0 Å². The first-order valence-corrected chi connectivity index (χ1v) is 6.03. The van der Waals surface area contributed by atoms with Gasteiger partial charge in [-0.25, -0.2) is 13.6 Å². The molecule has 0 radical (unpaired) electrons. The molecule has 0 spiro atoms. The standard InChI is InChI=1S/C14H16F2O4/c1-14(2,3)20-13(19)12-9(15)6-8(7-10(12)16)4-5-11(17)18/h6-7H,4-5H2,1-3H3,(H,17,18). The number of rotatable bonds is 4. The maximum absolute atomic E-state index is 13.8. The Labute approximate surface area is 115 Å². The number of aliphatic carboxylic acids is 1. The van der Waals surface area contributed by atoms with Crippen molar-refractivity contribution < 1.29 is 28.2 Å². The molecule has 1 N–H and O–H groups in total. The van der Waals surface area contributed by atoms with Crippen LogP contribution in [0.1, 0.15) is 43.1 Å². The number of esters is 1. The van der Waals surface area contributed by atoms with E-state index in [0.29, 0.717) is 0 Å². The number of benzene rings is 1. The van der Waals surface area contributed by atoms with E-state index in [9.17, 15) is 18.4 Å². The number of carboxylic acids is 1. The quantitative estimate of drug-likeness (QED) is 0.864. The van der Waals surface area contributed by atoms with Gasteiger partial charge < -0.3 is 9.84 Å². The molecule has 0 heterocycles. The van der Waals surface area contributed by atoms with E-state index in [1.54, 1.807) is 20.8 Å². The van der Waals surface area contributed by atoms with Crippen molar-refractivity contribution in [3.05, 3.63) is 34.9 Å². The summed E-state index contributed by atoms with van der Waals surface area (Å²) in [5.74, 6) is -4.27. The highest BCUT2D eigenvalue weighted by molar-refractivity contribution is 5.90. The van der Waals surface area contributed by atoms with Crippen molar-refractivity contribution in [1.29, 1.82) is 0 Å². The van der Waals surface area contributed by atoms with E-state index in [1.165, 1.54) is 0 Å². The van der Waals surface area contributed by atoms with E-state index in [4.69, 9.17) is 9.84 Å². The minimum absolute atomic E-state index is 0.0161. The zero-order valence-corrected chi connectivity index (χ0v) is 11.5. The second-order valence-corrected chi connectivity index (χ2v) is 5.33. The van der Waals surface area contributed by atoms with Crippen LogP contribution in [0.5, 0.6) is 0 Å². The molecule has 0 aliphatic rings. The van der Waals surface area contributed by atoms with Crippen molar-refractivity contribution in [3.8, 4) is 0 Å². The molecule has 0 amide bonds. The smallest absolute Gasteiger partial charge is 0.344 e. The third-order valence-corrected chi connectivity index (χ3v) is 2.33. The summed E-state index contributed by atoms with van der Waals surface area (Å²) < 4.78 is 32.5. The number of carbonyl (C=O) groups is 2. The third kappa shape index (κ3) is 4.60. The SMILES string of the molecule is CC(C)(C)OC(=O)c1c(F)cc(CCC(=O)O)cc1F. The van der Waals surface area contributed by atoms with Crippen LogP contribution in [0.15, 0.2) is 12.1 Å². The lowest BCUT2D eigenvalue weighted by atomic mass is 10.1. The van der Waals surface area contributed by atoms with Crippen molar-refractivity contribution in [2.24, 2.45) is 0 Å². The van der Waals surface area contributed by atoms with Gasteiger partial charge in [0.2, 0.25) is 0 Å². The minimum Gasteiger partial charge on any atom is -0.481 e. The number of carbonyl (C=O) groups excluding carboxylic acids is 1. The molecule has 0 aliphatic carbocycles. The van der Waals surface area contributed by atoms with E-state index in [-0.39, 0.29) is 18.4 Å². The maximum Gasteiger partial charge on any atom is 0.344 e. The number of hydrogen-bond donors (Lipinski definition) is 1. The Bertz CT molecular complexity index is 509. The van der Waals surface area contributed by atoms with E-state index in [2.05, 4.69) is 0 Å². The molecule has 0 aromatic heterocycles. The van der Waals surface area contributed by atoms with E-state index in [1.807, 2.05) is 0 Å². The van der Waals surface area contributed by atoms with Crippen molar-refractivity contribution >= 4 is 11.9 Å². The fraction of sp³-hybridized carbons (Fsp3) is 0.429. The van der Waals surface area contributed by atoms with Gasteiger partial charge in [0.05, 0.1) is 0 Å². The Balaban J connectivity index is 3.00. The van der Waals surface area contributed by atoms with Gasteiger partial charge in [-0.05, 0) is 44.9 Å². The van der Waals surface area contributed by atoms with Gasteiger partial charge in [0.25, 0.3) is 0 Å². The van der Waals surface area contributed by atoms with Crippen LogP contribution in [0.4, 0.5) is 8.78 Å². The van der Waals surface area contributed by atoms with Crippen LogP contribution < -0.4 is 0 Å². The van der Waals surface area contributed by atoms with Gasteiger partial charge >= 0.3 is 11.9 Å². The molecule has 1 rings (SSSR count). The summed E-state index contributed by atoms with van der Waals surface area (Å²) in [7, 11) is 0. The van der Waals surface area contributed by atoms with Crippen LogP contribution in [0.25, 0.3) is 0 Å².